The van der Waals surface area contributed by atoms with Crippen molar-refractivity contribution in [1.82, 2.24) is 15.5 Å². The summed E-state index contributed by atoms with van der Waals surface area (Å²) in [6, 6.07) is 11.4. The Morgan fingerprint density at radius 2 is 1.86 bits per heavy atom. The lowest BCUT2D eigenvalue weighted by Gasteiger charge is -2.37. The zero-order chi connectivity index (χ0) is 19.7. The lowest BCUT2D eigenvalue weighted by molar-refractivity contribution is 0.0531. The number of nitrogens with one attached hydrogen (secondary N) is 2. The van der Waals surface area contributed by atoms with E-state index in [2.05, 4.69) is 59.7 Å². The highest BCUT2D eigenvalue weighted by molar-refractivity contribution is 5.80. The van der Waals surface area contributed by atoms with Crippen LogP contribution in [-0.2, 0) is 10.2 Å². The molecule has 2 heterocycles. The van der Waals surface area contributed by atoms with Gasteiger partial charge in [-0.05, 0) is 51.1 Å². The van der Waals surface area contributed by atoms with E-state index < -0.39 is 0 Å². The summed E-state index contributed by atoms with van der Waals surface area (Å²) in [4.78, 5) is 7.64. The molecule has 2 saturated heterocycles. The van der Waals surface area contributed by atoms with E-state index in [9.17, 15) is 0 Å². The zero-order valence-corrected chi connectivity index (χ0v) is 17.8. The summed E-state index contributed by atoms with van der Waals surface area (Å²) in [5.41, 5.74) is 1.48. The molecule has 156 valence electrons. The molecule has 0 radical (unpaired) electrons. The summed E-state index contributed by atoms with van der Waals surface area (Å²) < 4.78 is 5.67. The smallest absolute Gasteiger partial charge is 0.191 e. The summed E-state index contributed by atoms with van der Waals surface area (Å²) in [7, 11) is 0. The average molecular weight is 387 g/mol. The van der Waals surface area contributed by atoms with Gasteiger partial charge in [-0.1, -0.05) is 37.3 Å². The third-order valence-electron chi connectivity index (χ3n) is 6.19. The number of aliphatic imine (C=N–C) groups is 1. The van der Waals surface area contributed by atoms with Gasteiger partial charge in [0.15, 0.2) is 5.96 Å². The van der Waals surface area contributed by atoms with Crippen LogP contribution in [-0.4, -0.2) is 62.8 Å². The van der Waals surface area contributed by atoms with E-state index in [0.717, 1.165) is 45.1 Å². The van der Waals surface area contributed by atoms with Gasteiger partial charge < -0.3 is 20.3 Å². The van der Waals surface area contributed by atoms with E-state index in [0.29, 0.717) is 6.04 Å². The van der Waals surface area contributed by atoms with Crippen LogP contribution in [0.15, 0.2) is 35.3 Å². The molecule has 3 rings (SSSR count). The minimum Gasteiger partial charge on any atom is -0.381 e. The van der Waals surface area contributed by atoms with E-state index in [-0.39, 0.29) is 5.41 Å². The van der Waals surface area contributed by atoms with Gasteiger partial charge in [-0.3, -0.25) is 4.99 Å². The highest BCUT2D eigenvalue weighted by Crippen LogP contribution is 2.35. The van der Waals surface area contributed by atoms with Gasteiger partial charge in [0, 0.05) is 44.3 Å². The molecule has 2 fully saturated rings. The number of benzene rings is 1. The number of hydrogen-bond donors (Lipinski definition) is 2. The molecule has 28 heavy (non-hydrogen) atoms. The van der Waals surface area contributed by atoms with Gasteiger partial charge in [-0.25, -0.2) is 0 Å². The zero-order valence-electron chi connectivity index (χ0n) is 17.8. The van der Waals surface area contributed by atoms with Crippen LogP contribution in [0.1, 0.15) is 51.5 Å². The fraction of sp³-hybridized carbons (Fsp3) is 0.696. The Bertz CT molecular complexity index is 590. The Morgan fingerprint density at radius 1 is 1.14 bits per heavy atom. The normalized spacial score (nSPS) is 21.4. The van der Waals surface area contributed by atoms with Crippen molar-refractivity contribution >= 4 is 5.96 Å². The molecule has 0 aliphatic carbocycles. The van der Waals surface area contributed by atoms with Crippen LogP contribution in [0.25, 0.3) is 0 Å². The molecule has 0 atom stereocenters. The largest absolute Gasteiger partial charge is 0.381 e. The van der Waals surface area contributed by atoms with E-state index in [1.165, 1.54) is 44.5 Å². The summed E-state index contributed by atoms with van der Waals surface area (Å²) in [6.07, 6.45) is 5.71. The van der Waals surface area contributed by atoms with Gasteiger partial charge >= 0.3 is 0 Å². The second-order valence-corrected chi connectivity index (χ2v) is 8.21. The van der Waals surface area contributed by atoms with Crippen LogP contribution in [0, 0.1) is 0 Å². The first-order valence-corrected chi connectivity index (χ1v) is 11.2. The first-order valence-electron chi connectivity index (χ1n) is 11.2. The standard InChI is InChI=1S/C23H38N4O/c1-3-14-27-15-10-21(11-16-27)26-22(24-4-2)25-19-23(12-17-28-18-13-23)20-8-6-5-7-9-20/h5-9,21H,3-4,10-19H2,1-2H3,(H2,24,25,26). The van der Waals surface area contributed by atoms with Crippen LogP contribution in [0.3, 0.4) is 0 Å². The minimum atomic E-state index is 0.0896. The van der Waals surface area contributed by atoms with Gasteiger partial charge in [0.2, 0.25) is 0 Å². The average Bonchev–Trinajstić information content (AvgIpc) is 2.75. The quantitative estimate of drug-likeness (QED) is 0.558. The molecule has 5 heteroatoms. The maximum atomic E-state index is 5.67. The number of piperidine rings is 1. The van der Waals surface area contributed by atoms with Gasteiger partial charge in [-0.2, -0.15) is 0 Å². The number of hydrogen-bond acceptors (Lipinski definition) is 3. The third kappa shape index (κ3) is 5.71. The molecule has 0 aromatic heterocycles. The van der Waals surface area contributed by atoms with Crippen LogP contribution < -0.4 is 10.6 Å². The van der Waals surface area contributed by atoms with Crippen molar-refractivity contribution < 1.29 is 4.74 Å². The first-order chi connectivity index (χ1) is 13.8. The molecule has 2 N–H and O–H groups in total. The number of rotatable bonds is 7. The number of ether oxygens (including phenoxy) is 1. The molecule has 2 aliphatic rings. The van der Waals surface area contributed by atoms with Crippen molar-refractivity contribution in [3.63, 3.8) is 0 Å². The maximum absolute atomic E-state index is 5.67. The van der Waals surface area contributed by atoms with Gasteiger partial charge in [0.05, 0.1) is 6.54 Å². The number of guanidine groups is 1. The van der Waals surface area contributed by atoms with Gasteiger partial charge in [0.1, 0.15) is 0 Å². The molecule has 5 nitrogen and oxygen atoms in total. The Labute approximate surface area is 170 Å². The molecule has 0 bridgehead atoms. The summed E-state index contributed by atoms with van der Waals surface area (Å²) in [5, 5.41) is 7.18. The fourth-order valence-corrected chi connectivity index (χ4v) is 4.45. The summed E-state index contributed by atoms with van der Waals surface area (Å²) >= 11 is 0. The molecular formula is C23H38N4O. The predicted molar refractivity (Wildman–Crippen MR) is 117 cm³/mol. The van der Waals surface area contributed by atoms with E-state index in [4.69, 9.17) is 9.73 Å². The molecule has 2 aliphatic heterocycles. The molecule has 0 amide bonds. The SMILES string of the molecule is CCCN1CCC(NC(=NCC2(c3ccccc3)CCOCC2)NCC)CC1. The second-order valence-electron chi connectivity index (χ2n) is 8.21. The van der Waals surface area contributed by atoms with E-state index in [1.54, 1.807) is 0 Å². The highest BCUT2D eigenvalue weighted by atomic mass is 16.5. The molecule has 1 aromatic carbocycles. The van der Waals surface area contributed by atoms with Crippen molar-refractivity contribution in [2.24, 2.45) is 4.99 Å². The van der Waals surface area contributed by atoms with Crippen molar-refractivity contribution in [3.05, 3.63) is 35.9 Å². The Morgan fingerprint density at radius 3 is 2.50 bits per heavy atom. The van der Waals surface area contributed by atoms with Crippen molar-refractivity contribution in [2.75, 3.05) is 45.9 Å². The van der Waals surface area contributed by atoms with Gasteiger partial charge in [0.25, 0.3) is 0 Å². The number of likely N-dealkylation sites (tertiary alicyclic amines) is 1. The minimum absolute atomic E-state index is 0.0896. The van der Waals surface area contributed by atoms with Crippen molar-refractivity contribution in [2.45, 2.75) is 57.4 Å². The Balaban J connectivity index is 1.65. The van der Waals surface area contributed by atoms with E-state index in [1.807, 2.05) is 0 Å². The Kier molecular flexibility index (Phi) is 8.16. The fourth-order valence-electron chi connectivity index (χ4n) is 4.45. The Hall–Kier alpha value is -1.59. The lowest BCUT2D eigenvalue weighted by Crippen LogP contribution is -2.49. The first kappa shape index (κ1) is 21.1. The van der Waals surface area contributed by atoms with Crippen LogP contribution >= 0.6 is 0 Å². The van der Waals surface area contributed by atoms with Crippen molar-refractivity contribution in [3.8, 4) is 0 Å². The molecule has 0 unspecified atom stereocenters. The second kappa shape index (κ2) is 10.8. The van der Waals surface area contributed by atoms with Crippen molar-refractivity contribution in [1.29, 1.82) is 0 Å². The topological polar surface area (TPSA) is 48.9 Å². The predicted octanol–water partition coefficient (Wildman–Crippen LogP) is 3.16. The summed E-state index contributed by atoms with van der Waals surface area (Å²) in [6.45, 7) is 11.4. The summed E-state index contributed by atoms with van der Waals surface area (Å²) in [5.74, 6) is 0.971. The van der Waals surface area contributed by atoms with Crippen LogP contribution in [0.4, 0.5) is 0 Å². The molecule has 0 saturated carbocycles. The lowest BCUT2D eigenvalue weighted by atomic mass is 9.74. The number of nitrogens with zero attached hydrogens (tertiary/aromatic N) is 2. The van der Waals surface area contributed by atoms with Crippen LogP contribution in [0.2, 0.25) is 0 Å². The molecule has 1 aromatic rings. The van der Waals surface area contributed by atoms with Gasteiger partial charge in [-0.15, -0.1) is 0 Å². The highest BCUT2D eigenvalue weighted by Gasteiger charge is 2.34. The van der Waals surface area contributed by atoms with Crippen LogP contribution in [0.5, 0.6) is 0 Å². The monoisotopic (exact) mass is 386 g/mol. The molecule has 0 spiro atoms. The maximum Gasteiger partial charge on any atom is 0.191 e. The van der Waals surface area contributed by atoms with E-state index >= 15 is 0 Å². The molecular weight excluding hydrogens is 348 g/mol. The third-order valence-corrected chi connectivity index (χ3v) is 6.19.